The number of imide groups is 1. The smallest absolute Gasteiger partial charge is 0.240 e. The van der Waals surface area contributed by atoms with E-state index in [2.05, 4.69) is 10.6 Å². The number of carbonyl (C=O) groups excluding carboxylic acids is 2. The minimum atomic E-state index is -0.171. The van der Waals surface area contributed by atoms with Crippen LogP contribution in [-0.4, -0.2) is 48.9 Å². The van der Waals surface area contributed by atoms with Crippen LogP contribution in [-0.2, 0) is 9.59 Å². The van der Waals surface area contributed by atoms with Gasteiger partial charge in [-0.05, 0) is 38.8 Å². The number of rotatable bonds is 4. The molecule has 5 nitrogen and oxygen atoms in total. The molecular weight excluding hydrogens is 206 g/mol. The van der Waals surface area contributed by atoms with Gasteiger partial charge in [-0.25, -0.2) is 0 Å². The van der Waals surface area contributed by atoms with E-state index in [1.807, 2.05) is 4.90 Å². The molecule has 1 unspecified atom stereocenters. The molecule has 2 saturated heterocycles. The molecule has 2 fully saturated rings. The first-order chi connectivity index (χ1) is 7.74. The second-order valence-electron chi connectivity index (χ2n) is 4.62. The molecule has 2 heterocycles. The van der Waals surface area contributed by atoms with Gasteiger partial charge in [0, 0.05) is 6.04 Å². The lowest BCUT2D eigenvalue weighted by Gasteiger charge is -2.25. The maximum atomic E-state index is 11.1. The zero-order valence-electron chi connectivity index (χ0n) is 9.50. The molecule has 1 atom stereocenters. The van der Waals surface area contributed by atoms with Gasteiger partial charge in [-0.15, -0.1) is 0 Å². The first-order valence-electron chi connectivity index (χ1n) is 6.02. The third-order valence-corrected chi connectivity index (χ3v) is 3.20. The quantitative estimate of drug-likeness (QED) is 0.632. The fourth-order valence-electron chi connectivity index (χ4n) is 2.42. The Kier molecular flexibility index (Phi) is 3.90. The highest BCUT2D eigenvalue weighted by atomic mass is 16.2. The predicted octanol–water partition coefficient (Wildman–Crippen LogP) is -0.523. The summed E-state index contributed by atoms with van der Waals surface area (Å²) in [6.45, 7) is 2.71. The van der Waals surface area contributed by atoms with Crippen LogP contribution in [0.3, 0.4) is 0 Å². The topological polar surface area (TPSA) is 61.4 Å². The summed E-state index contributed by atoms with van der Waals surface area (Å²) in [5.74, 6) is -0.342. The summed E-state index contributed by atoms with van der Waals surface area (Å²) in [6, 6.07) is 0.648. The van der Waals surface area contributed by atoms with E-state index in [1.54, 1.807) is 0 Å². The summed E-state index contributed by atoms with van der Waals surface area (Å²) in [7, 11) is 0. The molecule has 0 aromatic heterocycles. The van der Waals surface area contributed by atoms with Gasteiger partial charge in [-0.2, -0.15) is 0 Å². The minimum Gasteiger partial charge on any atom is -0.314 e. The fourth-order valence-corrected chi connectivity index (χ4v) is 2.42. The molecule has 2 aliphatic rings. The van der Waals surface area contributed by atoms with Crippen LogP contribution in [0.2, 0.25) is 0 Å². The number of nitrogens with zero attached hydrogens (tertiary/aromatic N) is 1. The third kappa shape index (κ3) is 3.28. The van der Waals surface area contributed by atoms with Crippen molar-refractivity contribution in [2.75, 3.05) is 26.2 Å². The first kappa shape index (κ1) is 11.5. The van der Waals surface area contributed by atoms with E-state index < -0.39 is 0 Å². The molecule has 0 aliphatic carbocycles. The highest BCUT2D eigenvalue weighted by Gasteiger charge is 2.22. The molecule has 5 heteroatoms. The normalized spacial score (nSPS) is 27.1. The Morgan fingerprint density at radius 3 is 2.62 bits per heavy atom. The Bertz CT molecular complexity index is 258. The third-order valence-electron chi connectivity index (χ3n) is 3.20. The van der Waals surface area contributed by atoms with Crippen LogP contribution < -0.4 is 10.6 Å². The van der Waals surface area contributed by atoms with E-state index in [9.17, 15) is 9.59 Å². The summed E-state index contributed by atoms with van der Waals surface area (Å²) in [5.41, 5.74) is 0. The molecule has 0 spiro atoms. The van der Waals surface area contributed by atoms with Gasteiger partial charge in [0.1, 0.15) is 0 Å². The lowest BCUT2D eigenvalue weighted by molar-refractivity contribution is -0.136. The van der Waals surface area contributed by atoms with Gasteiger partial charge in [0.25, 0.3) is 0 Å². The van der Waals surface area contributed by atoms with Crippen molar-refractivity contribution >= 4 is 11.8 Å². The molecule has 0 bridgehead atoms. The van der Waals surface area contributed by atoms with Crippen LogP contribution in [0, 0.1) is 0 Å². The second-order valence-corrected chi connectivity index (χ2v) is 4.62. The Morgan fingerprint density at radius 1 is 1.25 bits per heavy atom. The molecule has 16 heavy (non-hydrogen) atoms. The van der Waals surface area contributed by atoms with E-state index in [-0.39, 0.29) is 11.8 Å². The molecule has 0 aromatic carbocycles. The Morgan fingerprint density at radius 2 is 2.00 bits per heavy atom. The molecule has 2 amide bonds. The second kappa shape index (κ2) is 5.41. The molecule has 2 N–H and O–H groups in total. The molecular formula is C11H19N3O2. The summed E-state index contributed by atoms with van der Waals surface area (Å²) >= 11 is 0. The van der Waals surface area contributed by atoms with Crippen LogP contribution in [0.1, 0.15) is 25.7 Å². The van der Waals surface area contributed by atoms with Gasteiger partial charge < -0.3 is 5.32 Å². The standard InChI is InChI=1S/C11H19N3O2/c15-10-7-14(8-11(16)13-10)6-2-4-9-3-1-5-12-9/h9,12H,1-8H2,(H,13,15,16). The Hall–Kier alpha value is -0.940. The number of hydrogen-bond donors (Lipinski definition) is 2. The van der Waals surface area contributed by atoms with Crippen molar-refractivity contribution in [1.29, 1.82) is 0 Å². The summed E-state index contributed by atoms with van der Waals surface area (Å²) in [6.07, 6.45) is 4.74. The van der Waals surface area contributed by atoms with Crippen LogP contribution >= 0.6 is 0 Å². The first-order valence-corrected chi connectivity index (χ1v) is 6.02. The van der Waals surface area contributed by atoms with Crippen LogP contribution in [0.15, 0.2) is 0 Å². The van der Waals surface area contributed by atoms with Crippen LogP contribution in [0.5, 0.6) is 0 Å². The van der Waals surface area contributed by atoms with Crippen molar-refractivity contribution in [1.82, 2.24) is 15.5 Å². The maximum absolute atomic E-state index is 11.1. The highest BCUT2D eigenvalue weighted by molar-refractivity contribution is 5.99. The van der Waals surface area contributed by atoms with E-state index in [0.29, 0.717) is 19.1 Å². The molecule has 2 aliphatic heterocycles. The van der Waals surface area contributed by atoms with Crippen LogP contribution in [0.4, 0.5) is 0 Å². The van der Waals surface area contributed by atoms with E-state index in [4.69, 9.17) is 0 Å². The van der Waals surface area contributed by atoms with Crippen molar-refractivity contribution in [2.45, 2.75) is 31.7 Å². The number of nitrogens with one attached hydrogen (secondary N) is 2. The zero-order valence-corrected chi connectivity index (χ0v) is 9.50. The zero-order chi connectivity index (χ0) is 11.4. The fraction of sp³-hybridized carbons (Fsp3) is 0.818. The van der Waals surface area contributed by atoms with Gasteiger partial charge in [0.2, 0.25) is 11.8 Å². The molecule has 0 aromatic rings. The predicted molar refractivity (Wildman–Crippen MR) is 59.8 cm³/mol. The van der Waals surface area contributed by atoms with E-state index in [1.165, 1.54) is 12.8 Å². The van der Waals surface area contributed by atoms with Gasteiger partial charge in [0.15, 0.2) is 0 Å². The van der Waals surface area contributed by atoms with Crippen molar-refractivity contribution in [3.05, 3.63) is 0 Å². The molecule has 90 valence electrons. The summed E-state index contributed by atoms with van der Waals surface area (Å²) in [5, 5.41) is 5.76. The van der Waals surface area contributed by atoms with Crippen molar-refractivity contribution in [3.63, 3.8) is 0 Å². The van der Waals surface area contributed by atoms with Crippen molar-refractivity contribution < 1.29 is 9.59 Å². The number of hydrogen-bond acceptors (Lipinski definition) is 4. The Labute approximate surface area is 95.6 Å². The van der Waals surface area contributed by atoms with Crippen molar-refractivity contribution in [2.24, 2.45) is 0 Å². The average Bonchev–Trinajstić information content (AvgIpc) is 2.69. The van der Waals surface area contributed by atoms with E-state index >= 15 is 0 Å². The van der Waals surface area contributed by atoms with Gasteiger partial charge in [-0.3, -0.25) is 19.8 Å². The Balaban J connectivity index is 1.65. The summed E-state index contributed by atoms with van der Waals surface area (Å²) < 4.78 is 0. The molecule has 0 saturated carbocycles. The lowest BCUT2D eigenvalue weighted by atomic mass is 10.1. The largest absolute Gasteiger partial charge is 0.314 e. The summed E-state index contributed by atoms with van der Waals surface area (Å²) in [4.78, 5) is 24.2. The number of piperazine rings is 1. The SMILES string of the molecule is O=C1CN(CCCC2CCCN2)CC(=O)N1. The van der Waals surface area contributed by atoms with Gasteiger partial charge in [0.05, 0.1) is 13.1 Å². The van der Waals surface area contributed by atoms with E-state index in [0.717, 1.165) is 25.9 Å². The lowest BCUT2D eigenvalue weighted by Crippen LogP contribution is -2.51. The van der Waals surface area contributed by atoms with Crippen LogP contribution in [0.25, 0.3) is 0 Å². The highest BCUT2D eigenvalue weighted by Crippen LogP contribution is 2.11. The number of carbonyl (C=O) groups is 2. The van der Waals surface area contributed by atoms with Crippen molar-refractivity contribution in [3.8, 4) is 0 Å². The molecule has 2 rings (SSSR count). The number of amides is 2. The molecule has 0 radical (unpaired) electrons. The monoisotopic (exact) mass is 225 g/mol. The average molecular weight is 225 g/mol. The maximum Gasteiger partial charge on any atom is 0.240 e. The van der Waals surface area contributed by atoms with Gasteiger partial charge in [-0.1, -0.05) is 0 Å². The minimum absolute atomic E-state index is 0.171. The van der Waals surface area contributed by atoms with Gasteiger partial charge >= 0.3 is 0 Å².